The van der Waals surface area contributed by atoms with Gasteiger partial charge in [0, 0.05) is 6.07 Å². The van der Waals surface area contributed by atoms with Crippen molar-refractivity contribution in [1.29, 1.82) is 0 Å². The van der Waals surface area contributed by atoms with Crippen LogP contribution in [0.15, 0.2) is 30.3 Å². The second-order valence-electron chi connectivity index (χ2n) is 7.08. The van der Waals surface area contributed by atoms with Crippen molar-refractivity contribution in [3.05, 3.63) is 47.0 Å². The number of carbonyl (C=O) groups excluding carboxylic acids is 1. The van der Waals surface area contributed by atoms with E-state index in [4.69, 9.17) is 9.47 Å². The number of methoxy groups -OCH3 is 1. The first kappa shape index (κ1) is 18.1. The van der Waals surface area contributed by atoms with Gasteiger partial charge in [-0.2, -0.15) is 0 Å². The van der Waals surface area contributed by atoms with Crippen LogP contribution in [0.5, 0.6) is 23.0 Å². The summed E-state index contributed by atoms with van der Waals surface area (Å²) in [5.41, 5.74) is 2.04. The number of phenols is 2. The van der Waals surface area contributed by atoms with Crippen LogP contribution in [0, 0.1) is 5.92 Å². The van der Waals surface area contributed by atoms with Gasteiger partial charge in [0.15, 0.2) is 17.3 Å². The summed E-state index contributed by atoms with van der Waals surface area (Å²) < 4.78 is 11.3. The highest BCUT2D eigenvalue weighted by atomic mass is 16.5. The van der Waals surface area contributed by atoms with Crippen LogP contribution in [0.1, 0.15) is 54.3 Å². The normalized spacial score (nSPS) is 16.3. The second-order valence-corrected chi connectivity index (χ2v) is 7.08. The molecule has 0 saturated heterocycles. The maximum Gasteiger partial charge on any atom is 0.170 e. The molecule has 0 spiro atoms. The van der Waals surface area contributed by atoms with E-state index in [1.807, 2.05) is 6.07 Å². The Morgan fingerprint density at radius 2 is 2.00 bits per heavy atom. The van der Waals surface area contributed by atoms with Gasteiger partial charge in [0.25, 0.3) is 0 Å². The lowest BCUT2D eigenvalue weighted by Gasteiger charge is -2.26. The van der Waals surface area contributed by atoms with E-state index in [-0.39, 0.29) is 23.7 Å². The Balaban J connectivity index is 1.96. The number of Topliss-reactive ketones (excluding diaryl/α,β-unsaturated/α-hetero) is 1. The SMILES string of the molecule is COc1cc(C2CC(=O)c3ccc(O)cc3O2)cc(CCC(C)C)c1O. The van der Waals surface area contributed by atoms with Crippen LogP contribution < -0.4 is 9.47 Å². The monoisotopic (exact) mass is 356 g/mol. The maximum absolute atomic E-state index is 12.5. The van der Waals surface area contributed by atoms with Crippen molar-refractivity contribution in [1.82, 2.24) is 0 Å². The first-order valence-corrected chi connectivity index (χ1v) is 8.81. The fraction of sp³-hybridized carbons (Fsp3) is 0.381. The van der Waals surface area contributed by atoms with Crippen LogP contribution in [-0.4, -0.2) is 23.1 Å². The Morgan fingerprint density at radius 1 is 1.23 bits per heavy atom. The van der Waals surface area contributed by atoms with Gasteiger partial charge in [0.1, 0.15) is 17.6 Å². The van der Waals surface area contributed by atoms with Gasteiger partial charge in [-0.1, -0.05) is 13.8 Å². The van der Waals surface area contributed by atoms with Crippen LogP contribution in [-0.2, 0) is 6.42 Å². The Bertz CT molecular complexity index is 825. The minimum absolute atomic E-state index is 0.0352. The summed E-state index contributed by atoms with van der Waals surface area (Å²) in [5, 5.41) is 20.1. The van der Waals surface area contributed by atoms with Crippen LogP contribution in [0.25, 0.3) is 0 Å². The molecule has 0 amide bonds. The van der Waals surface area contributed by atoms with Gasteiger partial charge in [-0.3, -0.25) is 4.79 Å². The molecule has 1 unspecified atom stereocenters. The van der Waals surface area contributed by atoms with E-state index in [1.54, 1.807) is 12.1 Å². The van der Waals surface area contributed by atoms with E-state index in [9.17, 15) is 15.0 Å². The lowest BCUT2D eigenvalue weighted by molar-refractivity contribution is 0.0849. The number of fused-ring (bicyclic) bond motifs is 1. The summed E-state index contributed by atoms with van der Waals surface area (Å²) in [6, 6.07) is 8.10. The van der Waals surface area contributed by atoms with Crippen molar-refractivity contribution >= 4 is 5.78 Å². The Hall–Kier alpha value is -2.69. The zero-order valence-corrected chi connectivity index (χ0v) is 15.3. The molecule has 0 aromatic heterocycles. The highest BCUT2D eigenvalue weighted by Crippen LogP contribution is 2.40. The third-order valence-corrected chi connectivity index (χ3v) is 4.66. The third kappa shape index (κ3) is 3.62. The predicted octanol–water partition coefficient (Wildman–Crippen LogP) is 4.40. The second kappa shape index (κ2) is 7.28. The number of phenolic OH excluding ortho intramolecular Hbond substituents is 2. The Morgan fingerprint density at radius 3 is 2.69 bits per heavy atom. The molecule has 0 bridgehead atoms. The average molecular weight is 356 g/mol. The molecule has 0 saturated carbocycles. The molecule has 5 nitrogen and oxygen atoms in total. The molecule has 5 heteroatoms. The topological polar surface area (TPSA) is 76.0 Å². The number of carbonyl (C=O) groups is 1. The number of aryl methyl sites for hydroxylation is 1. The number of ketones is 1. The van der Waals surface area contributed by atoms with Gasteiger partial charge in [0.2, 0.25) is 0 Å². The number of aromatic hydroxyl groups is 2. The molecule has 1 atom stereocenters. The fourth-order valence-electron chi connectivity index (χ4n) is 3.16. The number of ether oxygens (including phenoxy) is 2. The molecule has 0 aliphatic carbocycles. The molecule has 138 valence electrons. The van der Waals surface area contributed by atoms with E-state index < -0.39 is 6.10 Å². The first-order chi connectivity index (χ1) is 12.4. The summed E-state index contributed by atoms with van der Waals surface area (Å²) >= 11 is 0. The lowest BCUT2D eigenvalue weighted by atomic mass is 9.93. The molecule has 0 fully saturated rings. The van der Waals surface area contributed by atoms with Crippen molar-refractivity contribution in [2.45, 2.75) is 39.2 Å². The summed E-state index contributed by atoms with van der Waals surface area (Å²) in [6.45, 7) is 4.26. The summed E-state index contributed by atoms with van der Waals surface area (Å²) in [5.74, 6) is 1.41. The van der Waals surface area contributed by atoms with Crippen LogP contribution >= 0.6 is 0 Å². The lowest BCUT2D eigenvalue weighted by Crippen LogP contribution is -2.20. The standard InChI is InChI=1S/C21H24O5/c1-12(2)4-5-13-8-14(9-20(25-3)21(13)24)18-11-17(23)16-7-6-15(22)10-19(16)26-18/h6-10,12,18,22,24H,4-5,11H2,1-3H3. The molecule has 26 heavy (non-hydrogen) atoms. The van der Waals surface area contributed by atoms with E-state index >= 15 is 0 Å². The van der Waals surface area contributed by atoms with E-state index in [0.717, 1.165) is 17.5 Å². The van der Waals surface area contributed by atoms with Gasteiger partial charge in [-0.05, 0) is 54.2 Å². The average Bonchev–Trinajstić information content (AvgIpc) is 2.60. The van der Waals surface area contributed by atoms with Crippen molar-refractivity contribution < 1.29 is 24.5 Å². The first-order valence-electron chi connectivity index (χ1n) is 8.81. The predicted molar refractivity (Wildman–Crippen MR) is 98.2 cm³/mol. The third-order valence-electron chi connectivity index (χ3n) is 4.66. The molecular formula is C21H24O5. The smallest absolute Gasteiger partial charge is 0.170 e. The zero-order valence-electron chi connectivity index (χ0n) is 15.3. The fourth-order valence-corrected chi connectivity index (χ4v) is 3.16. The highest BCUT2D eigenvalue weighted by molar-refractivity contribution is 6.00. The summed E-state index contributed by atoms with van der Waals surface area (Å²) in [7, 11) is 1.51. The molecule has 1 heterocycles. The Labute approximate surface area is 153 Å². The number of benzene rings is 2. The molecule has 3 rings (SSSR count). The van der Waals surface area contributed by atoms with E-state index in [0.29, 0.717) is 29.4 Å². The molecule has 1 aliphatic heterocycles. The molecule has 0 radical (unpaired) electrons. The largest absolute Gasteiger partial charge is 0.508 e. The van der Waals surface area contributed by atoms with Crippen LogP contribution in [0.2, 0.25) is 0 Å². The molecule has 2 aromatic rings. The van der Waals surface area contributed by atoms with Gasteiger partial charge in [0.05, 0.1) is 19.1 Å². The van der Waals surface area contributed by atoms with E-state index in [1.165, 1.54) is 19.2 Å². The van der Waals surface area contributed by atoms with Crippen LogP contribution in [0.3, 0.4) is 0 Å². The summed E-state index contributed by atoms with van der Waals surface area (Å²) in [6.07, 6.45) is 1.37. The van der Waals surface area contributed by atoms with Gasteiger partial charge < -0.3 is 19.7 Å². The van der Waals surface area contributed by atoms with Crippen molar-refractivity contribution in [2.75, 3.05) is 7.11 Å². The summed E-state index contributed by atoms with van der Waals surface area (Å²) in [4.78, 5) is 12.5. The van der Waals surface area contributed by atoms with Crippen molar-refractivity contribution in [3.63, 3.8) is 0 Å². The number of hydrogen-bond acceptors (Lipinski definition) is 5. The highest BCUT2D eigenvalue weighted by Gasteiger charge is 2.29. The van der Waals surface area contributed by atoms with Gasteiger partial charge in [-0.15, -0.1) is 0 Å². The maximum atomic E-state index is 12.5. The minimum Gasteiger partial charge on any atom is -0.508 e. The van der Waals surface area contributed by atoms with Crippen molar-refractivity contribution in [3.8, 4) is 23.0 Å². The quantitative estimate of drug-likeness (QED) is 0.830. The molecule has 2 aromatic carbocycles. The molecular weight excluding hydrogens is 332 g/mol. The van der Waals surface area contributed by atoms with Crippen molar-refractivity contribution in [2.24, 2.45) is 5.92 Å². The van der Waals surface area contributed by atoms with Crippen LogP contribution in [0.4, 0.5) is 0 Å². The Kier molecular flexibility index (Phi) is 5.07. The molecule has 2 N–H and O–H groups in total. The molecule has 1 aliphatic rings. The van der Waals surface area contributed by atoms with Gasteiger partial charge in [-0.25, -0.2) is 0 Å². The van der Waals surface area contributed by atoms with E-state index in [2.05, 4.69) is 13.8 Å². The number of rotatable bonds is 5. The number of hydrogen-bond donors (Lipinski definition) is 2. The zero-order chi connectivity index (χ0) is 18.8. The minimum atomic E-state index is -0.482. The van der Waals surface area contributed by atoms with Gasteiger partial charge >= 0.3 is 0 Å².